The number of hydrogen-bond acceptors (Lipinski definition) is 12. The van der Waals surface area contributed by atoms with Gasteiger partial charge >= 0.3 is 5.97 Å². The van der Waals surface area contributed by atoms with Crippen LogP contribution in [0.4, 0.5) is 0 Å². The first-order valence-electron chi connectivity index (χ1n) is 15.7. The summed E-state index contributed by atoms with van der Waals surface area (Å²) in [4.78, 5) is 10.9. The summed E-state index contributed by atoms with van der Waals surface area (Å²) in [7, 11) is 1.36. The van der Waals surface area contributed by atoms with Gasteiger partial charge < -0.3 is 52.1 Å². The van der Waals surface area contributed by atoms with Gasteiger partial charge in [-0.15, -0.1) is 0 Å². The van der Waals surface area contributed by atoms with Crippen LogP contribution in [-0.4, -0.2) is 145 Å². The topological polar surface area (TPSA) is 119 Å². The smallest absolute Gasteiger partial charge is 0.307 e. The number of ether oxygens (including phenoxy) is 11. The first kappa shape index (κ1) is 41.1. The van der Waals surface area contributed by atoms with Gasteiger partial charge in [-0.2, -0.15) is 0 Å². The molecule has 0 amide bonds. The molecule has 0 aliphatic carbocycles. The summed E-state index contributed by atoms with van der Waals surface area (Å²) in [6.07, 6.45) is 7.92. The average Bonchev–Trinajstić information content (AvgIpc) is 3.00. The van der Waals surface area contributed by atoms with Gasteiger partial charge in [0.1, 0.15) is 0 Å². The van der Waals surface area contributed by atoms with Gasteiger partial charge in [0.05, 0.1) is 139 Å². The van der Waals surface area contributed by atoms with E-state index < -0.39 is 0 Å². The average molecular weight is 613 g/mol. The van der Waals surface area contributed by atoms with E-state index in [1.54, 1.807) is 0 Å². The van der Waals surface area contributed by atoms with E-state index in [1.165, 1.54) is 39.2 Å². The molecule has 0 aromatic carbocycles. The van der Waals surface area contributed by atoms with Gasteiger partial charge in [-0.1, -0.05) is 39.0 Å². The van der Waals surface area contributed by atoms with Gasteiger partial charge in [-0.3, -0.25) is 4.79 Å². The van der Waals surface area contributed by atoms with Crippen LogP contribution in [0.15, 0.2) is 0 Å². The maximum atomic E-state index is 10.9. The van der Waals surface area contributed by atoms with E-state index >= 15 is 0 Å². The molecule has 0 spiro atoms. The minimum atomic E-state index is -0.282. The summed E-state index contributed by atoms with van der Waals surface area (Å²) >= 11 is 0. The van der Waals surface area contributed by atoms with E-state index in [-0.39, 0.29) is 12.4 Å². The number of carbonyl (C=O) groups excluding carboxylic acids is 1. The molecule has 0 bridgehead atoms. The molecule has 42 heavy (non-hydrogen) atoms. The molecule has 0 aromatic heterocycles. The molecule has 0 aromatic rings. The van der Waals surface area contributed by atoms with Gasteiger partial charge in [-0.25, -0.2) is 0 Å². The third kappa shape index (κ3) is 37.1. The van der Waals surface area contributed by atoms with Crippen LogP contribution < -0.4 is 0 Å². The summed E-state index contributed by atoms with van der Waals surface area (Å²) in [5.41, 5.74) is 0. The third-order valence-corrected chi connectivity index (χ3v) is 5.67. The molecule has 0 saturated heterocycles. The Morgan fingerprint density at radius 1 is 0.357 bits per heavy atom. The molecule has 0 aliphatic heterocycles. The highest BCUT2D eigenvalue weighted by Crippen LogP contribution is 2.04. The Morgan fingerprint density at radius 2 is 0.619 bits per heavy atom. The third-order valence-electron chi connectivity index (χ3n) is 5.67. The first-order valence-corrected chi connectivity index (χ1v) is 15.7. The van der Waals surface area contributed by atoms with E-state index in [2.05, 4.69) is 11.7 Å². The molecule has 0 unspecified atom stereocenters. The number of hydrogen-bond donors (Lipinski definition) is 0. The van der Waals surface area contributed by atoms with Crippen molar-refractivity contribution in [2.75, 3.05) is 139 Å². The molecular weight excluding hydrogens is 552 g/mol. The molecule has 0 rings (SSSR count). The Bertz CT molecular complexity index is 513. The minimum Gasteiger partial charge on any atom is -0.469 e. The SMILES string of the molecule is CCCCCCCCOCCOCCOCCOCCOCCOCCOCCOCCOCCOCCC(=O)OC. The van der Waals surface area contributed by atoms with Crippen molar-refractivity contribution in [3.05, 3.63) is 0 Å². The second kappa shape index (κ2) is 38.1. The Hall–Kier alpha value is -0.930. The van der Waals surface area contributed by atoms with Crippen molar-refractivity contribution < 1.29 is 56.9 Å². The molecule has 12 heteroatoms. The maximum absolute atomic E-state index is 10.9. The predicted octanol–water partition coefficient (Wildman–Crippen LogP) is 3.08. The Labute approximate surface area is 254 Å². The lowest BCUT2D eigenvalue weighted by Gasteiger charge is -2.09. The number of esters is 1. The van der Waals surface area contributed by atoms with Crippen LogP contribution in [0.3, 0.4) is 0 Å². The highest BCUT2D eigenvalue weighted by Gasteiger charge is 1.99. The zero-order chi connectivity index (χ0) is 30.4. The lowest BCUT2D eigenvalue weighted by Crippen LogP contribution is -2.15. The van der Waals surface area contributed by atoms with Gasteiger partial charge in [0.2, 0.25) is 0 Å². The van der Waals surface area contributed by atoms with E-state index in [0.29, 0.717) is 126 Å². The molecule has 0 saturated carbocycles. The van der Waals surface area contributed by atoms with Crippen molar-refractivity contribution in [2.24, 2.45) is 0 Å². The zero-order valence-electron chi connectivity index (χ0n) is 26.5. The number of carbonyl (C=O) groups is 1. The van der Waals surface area contributed by atoms with Crippen LogP contribution in [0, 0.1) is 0 Å². The lowest BCUT2D eigenvalue weighted by atomic mass is 10.1. The number of methoxy groups -OCH3 is 1. The summed E-state index contributed by atoms with van der Waals surface area (Å²) in [6.45, 7) is 12.8. The normalized spacial score (nSPS) is 11.4. The fraction of sp³-hybridized carbons (Fsp3) is 0.967. The Morgan fingerprint density at radius 3 is 0.929 bits per heavy atom. The van der Waals surface area contributed by atoms with Crippen LogP contribution in [0.2, 0.25) is 0 Å². The fourth-order valence-corrected chi connectivity index (χ4v) is 3.32. The highest BCUT2D eigenvalue weighted by atomic mass is 16.6. The van der Waals surface area contributed by atoms with Gasteiger partial charge in [-0.05, 0) is 6.42 Å². The van der Waals surface area contributed by atoms with Crippen LogP contribution in [0.25, 0.3) is 0 Å². The summed E-state index contributed by atoms with van der Waals surface area (Å²) < 4.78 is 59.0. The molecule has 0 fully saturated rings. The largest absolute Gasteiger partial charge is 0.469 e. The van der Waals surface area contributed by atoms with Crippen molar-refractivity contribution in [1.29, 1.82) is 0 Å². The fourth-order valence-electron chi connectivity index (χ4n) is 3.32. The first-order chi connectivity index (χ1) is 20.8. The maximum Gasteiger partial charge on any atom is 0.307 e. The molecule has 12 nitrogen and oxygen atoms in total. The molecular formula is C30H60O12. The van der Waals surface area contributed by atoms with Gasteiger partial charge in [0.25, 0.3) is 0 Å². The van der Waals surface area contributed by atoms with E-state index in [0.717, 1.165) is 13.0 Å². The number of rotatable bonds is 37. The van der Waals surface area contributed by atoms with Crippen molar-refractivity contribution in [3.8, 4) is 0 Å². The summed E-state index contributed by atoms with van der Waals surface area (Å²) in [6, 6.07) is 0. The quantitative estimate of drug-likeness (QED) is 0.0758. The molecule has 0 aliphatic rings. The molecule has 0 heterocycles. The summed E-state index contributed by atoms with van der Waals surface area (Å²) in [5.74, 6) is -0.282. The molecule has 252 valence electrons. The van der Waals surface area contributed by atoms with Gasteiger partial charge in [0, 0.05) is 6.61 Å². The van der Waals surface area contributed by atoms with Crippen LogP contribution in [0.1, 0.15) is 51.9 Å². The van der Waals surface area contributed by atoms with Crippen molar-refractivity contribution >= 4 is 5.97 Å². The predicted molar refractivity (Wildman–Crippen MR) is 158 cm³/mol. The molecule has 0 atom stereocenters. The van der Waals surface area contributed by atoms with Crippen LogP contribution in [0.5, 0.6) is 0 Å². The lowest BCUT2D eigenvalue weighted by molar-refractivity contribution is -0.141. The minimum absolute atomic E-state index is 0.249. The standard InChI is InChI=1S/C30H60O12/c1-3-4-5-6-7-8-10-33-12-14-35-16-18-37-20-22-39-24-26-41-28-29-42-27-25-40-23-21-38-19-17-36-15-13-34-11-9-30(31)32-2/h3-29H2,1-2H3. The van der Waals surface area contributed by atoms with E-state index in [1.807, 2.05) is 0 Å². The summed E-state index contributed by atoms with van der Waals surface area (Å²) in [5, 5.41) is 0. The van der Waals surface area contributed by atoms with E-state index in [9.17, 15) is 4.79 Å². The van der Waals surface area contributed by atoms with E-state index in [4.69, 9.17) is 47.4 Å². The second-order valence-corrected chi connectivity index (χ2v) is 9.22. The number of unbranched alkanes of at least 4 members (excludes halogenated alkanes) is 5. The van der Waals surface area contributed by atoms with Crippen LogP contribution in [-0.2, 0) is 56.9 Å². The highest BCUT2D eigenvalue weighted by molar-refractivity contribution is 5.69. The Balaban J connectivity index is 3.04. The second-order valence-electron chi connectivity index (χ2n) is 9.22. The van der Waals surface area contributed by atoms with Crippen molar-refractivity contribution in [3.63, 3.8) is 0 Å². The molecule has 0 radical (unpaired) electrons. The van der Waals surface area contributed by atoms with Gasteiger partial charge in [0.15, 0.2) is 0 Å². The van der Waals surface area contributed by atoms with Crippen molar-refractivity contribution in [1.82, 2.24) is 0 Å². The molecule has 0 N–H and O–H groups in total. The van der Waals surface area contributed by atoms with Crippen molar-refractivity contribution in [2.45, 2.75) is 51.9 Å². The van der Waals surface area contributed by atoms with Crippen LogP contribution >= 0.6 is 0 Å². The zero-order valence-corrected chi connectivity index (χ0v) is 26.5. The Kier molecular flexibility index (Phi) is 37.3. The monoisotopic (exact) mass is 612 g/mol.